The Morgan fingerprint density at radius 3 is 2.81 bits per heavy atom. The predicted octanol–water partition coefficient (Wildman–Crippen LogP) is 3.63. The molecule has 2 rings (SSSR count). The molecule has 0 atom stereocenters. The lowest BCUT2D eigenvalue weighted by atomic mass is 10.1. The normalized spacial score (nSPS) is 11.4. The van der Waals surface area contributed by atoms with Crippen molar-refractivity contribution in [3.05, 3.63) is 23.0 Å². The summed E-state index contributed by atoms with van der Waals surface area (Å²) in [6.45, 7) is 2.18. The van der Waals surface area contributed by atoms with Crippen LogP contribution in [0.3, 0.4) is 0 Å². The molecular formula is C15H20ClN5. The molecule has 0 amide bonds. The van der Waals surface area contributed by atoms with E-state index in [2.05, 4.69) is 26.9 Å². The number of pyridine rings is 1. The van der Waals surface area contributed by atoms with Crippen molar-refractivity contribution >= 4 is 34.9 Å². The molecule has 2 aromatic heterocycles. The predicted molar refractivity (Wildman–Crippen MR) is 87.4 cm³/mol. The van der Waals surface area contributed by atoms with Gasteiger partial charge in [0.05, 0.1) is 6.34 Å². The van der Waals surface area contributed by atoms with Gasteiger partial charge in [0.25, 0.3) is 5.95 Å². The Balaban J connectivity index is 2.26. The smallest absolute Gasteiger partial charge is 0.252 e. The topological polar surface area (TPSA) is 54.3 Å². The van der Waals surface area contributed by atoms with E-state index in [4.69, 9.17) is 11.6 Å². The first kappa shape index (κ1) is 15.6. The minimum atomic E-state index is 0.387. The summed E-state index contributed by atoms with van der Waals surface area (Å²) < 4.78 is 0. The fourth-order valence-electron chi connectivity index (χ4n) is 1.95. The summed E-state index contributed by atoms with van der Waals surface area (Å²) in [4.78, 5) is 18.9. The zero-order chi connectivity index (χ0) is 15.2. The summed E-state index contributed by atoms with van der Waals surface area (Å²) in [6, 6.07) is 2.03. The molecule has 0 unspecified atom stereocenters. The zero-order valence-electron chi connectivity index (χ0n) is 12.7. The van der Waals surface area contributed by atoms with Gasteiger partial charge in [-0.05, 0) is 24.5 Å². The first-order chi connectivity index (χ1) is 10.1. The van der Waals surface area contributed by atoms with Crippen molar-refractivity contribution in [2.45, 2.75) is 32.6 Å². The van der Waals surface area contributed by atoms with Gasteiger partial charge in [0, 0.05) is 25.7 Å². The largest absolute Gasteiger partial charge is 0.369 e. The minimum Gasteiger partial charge on any atom is -0.369 e. The number of aryl methyl sites for hydroxylation is 1. The van der Waals surface area contributed by atoms with E-state index in [1.807, 2.05) is 25.1 Å². The van der Waals surface area contributed by atoms with Gasteiger partial charge in [0.15, 0.2) is 5.65 Å². The van der Waals surface area contributed by atoms with Gasteiger partial charge in [0.1, 0.15) is 5.15 Å². The van der Waals surface area contributed by atoms with Crippen molar-refractivity contribution in [3.63, 3.8) is 0 Å². The van der Waals surface area contributed by atoms with E-state index >= 15 is 0 Å². The second-order valence-electron chi connectivity index (χ2n) is 5.19. The monoisotopic (exact) mass is 305 g/mol. The summed E-state index contributed by atoms with van der Waals surface area (Å²) in [5, 5.41) is 1.43. The van der Waals surface area contributed by atoms with Crippen LogP contribution in [0.25, 0.3) is 11.0 Å². The standard InChI is InChI=1S/C15H20ClN5/c1-4-5-6-7-11-8-12-9-17-15(18-10-21(2)3)20-14(12)19-13(11)16/h8-10H,4-7H2,1-3H3. The molecular weight excluding hydrogens is 286 g/mol. The molecule has 112 valence electrons. The van der Waals surface area contributed by atoms with Gasteiger partial charge in [-0.25, -0.2) is 15.0 Å². The van der Waals surface area contributed by atoms with E-state index in [0.29, 0.717) is 16.7 Å². The van der Waals surface area contributed by atoms with Gasteiger partial charge in [-0.3, -0.25) is 0 Å². The van der Waals surface area contributed by atoms with E-state index in [-0.39, 0.29) is 0 Å². The first-order valence-corrected chi connectivity index (χ1v) is 7.50. The number of nitrogens with zero attached hydrogens (tertiary/aromatic N) is 5. The van der Waals surface area contributed by atoms with Crippen LogP contribution in [-0.4, -0.2) is 40.3 Å². The van der Waals surface area contributed by atoms with Crippen molar-refractivity contribution in [2.75, 3.05) is 14.1 Å². The van der Waals surface area contributed by atoms with Crippen LogP contribution in [0.1, 0.15) is 31.7 Å². The first-order valence-electron chi connectivity index (χ1n) is 7.13. The second kappa shape index (κ2) is 7.31. The molecule has 0 N–H and O–H groups in total. The van der Waals surface area contributed by atoms with Crippen LogP contribution in [-0.2, 0) is 6.42 Å². The lowest BCUT2D eigenvalue weighted by molar-refractivity contribution is 0.642. The lowest BCUT2D eigenvalue weighted by Crippen LogP contribution is -2.07. The molecule has 21 heavy (non-hydrogen) atoms. The molecule has 0 aliphatic carbocycles. The van der Waals surface area contributed by atoms with Crippen molar-refractivity contribution in [3.8, 4) is 0 Å². The number of unbranched alkanes of at least 4 members (excludes halogenated alkanes) is 2. The van der Waals surface area contributed by atoms with E-state index in [0.717, 1.165) is 23.8 Å². The van der Waals surface area contributed by atoms with Gasteiger partial charge in [-0.15, -0.1) is 0 Å². The highest BCUT2D eigenvalue weighted by Gasteiger charge is 2.07. The summed E-state index contributed by atoms with van der Waals surface area (Å²) in [7, 11) is 3.78. The molecule has 0 saturated carbocycles. The molecule has 0 aromatic carbocycles. The summed E-state index contributed by atoms with van der Waals surface area (Å²) in [5.74, 6) is 0.387. The third-order valence-corrected chi connectivity index (χ3v) is 3.36. The Labute approximate surface area is 130 Å². The van der Waals surface area contributed by atoms with Gasteiger partial charge < -0.3 is 4.90 Å². The molecule has 2 heterocycles. The average Bonchev–Trinajstić information content (AvgIpc) is 2.45. The molecule has 0 fully saturated rings. The number of halogens is 1. The SMILES string of the molecule is CCCCCc1cc2cnc(N=CN(C)C)nc2nc1Cl. The van der Waals surface area contributed by atoms with Gasteiger partial charge >= 0.3 is 0 Å². The fraction of sp³-hybridized carbons (Fsp3) is 0.467. The Kier molecular flexibility index (Phi) is 5.44. The highest BCUT2D eigenvalue weighted by atomic mass is 35.5. The number of aromatic nitrogens is 3. The van der Waals surface area contributed by atoms with Crippen molar-refractivity contribution in [1.29, 1.82) is 0 Å². The Bertz CT molecular complexity index is 639. The van der Waals surface area contributed by atoms with Crippen LogP contribution in [0.2, 0.25) is 5.15 Å². The second-order valence-corrected chi connectivity index (χ2v) is 5.54. The highest BCUT2D eigenvalue weighted by molar-refractivity contribution is 6.30. The highest BCUT2D eigenvalue weighted by Crippen LogP contribution is 2.22. The van der Waals surface area contributed by atoms with Crippen LogP contribution >= 0.6 is 11.6 Å². The maximum atomic E-state index is 6.24. The zero-order valence-corrected chi connectivity index (χ0v) is 13.4. The third-order valence-electron chi connectivity index (χ3n) is 3.04. The number of hydrogen-bond acceptors (Lipinski definition) is 4. The van der Waals surface area contributed by atoms with Crippen LogP contribution in [0, 0.1) is 0 Å². The number of aliphatic imine (C=N–C) groups is 1. The Morgan fingerprint density at radius 1 is 1.29 bits per heavy atom. The molecule has 0 aliphatic heterocycles. The maximum Gasteiger partial charge on any atom is 0.252 e. The molecule has 0 bridgehead atoms. The third kappa shape index (κ3) is 4.36. The maximum absolute atomic E-state index is 6.24. The summed E-state index contributed by atoms with van der Waals surface area (Å²) in [6.07, 6.45) is 7.85. The van der Waals surface area contributed by atoms with E-state index in [1.165, 1.54) is 12.8 Å². The Morgan fingerprint density at radius 2 is 2.10 bits per heavy atom. The molecule has 0 spiro atoms. The molecule has 0 saturated heterocycles. The Hall–Kier alpha value is -1.75. The van der Waals surface area contributed by atoms with Crippen molar-refractivity contribution in [2.24, 2.45) is 4.99 Å². The van der Waals surface area contributed by atoms with Gasteiger partial charge in [-0.1, -0.05) is 31.4 Å². The van der Waals surface area contributed by atoms with Crippen LogP contribution in [0.15, 0.2) is 17.3 Å². The van der Waals surface area contributed by atoms with Crippen molar-refractivity contribution in [1.82, 2.24) is 19.9 Å². The molecule has 5 nitrogen and oxygen atoms in total. The van der Waals surface area contributed by atoms with Gasteiger partial charge in [-0.2, -0.15) is 4.98 Å². The molecule has 0 radical (unpaired) electrons. The lowest BCUT2D eigenvalue weighted by Gasteiger charge is -2.06. The quantitative estimate of drug-likeness (QED) is 0.354. The number of fused-ring (bicyclic) bond motifs is 1. The summed E-state index contributed by atoms with van der Waals surface area (Å²) in [5.41, 5.74) is 1.64. The van der Waals surface area contributed by atoms with Crippen LogP contribution in [0.4, 0.5) is 5.95 Å². The summed E-state index contributed by atoms with van der Waals surface area (Å²) >= 11 is 6.24. The fourth-order valence-corrected chi connectivity index (χ4v) is 2.18. The molecule has 2 aromatic rings. The van der Waals surface area contributed by atoms with Crippen LogP contribution in [0.5, 0.6) is 0 Å². The number of rotatable bonds is 6. The van der Waals surface area contributed by atoms with E-state index < -0.39 is 0 Å². The molecule has 0 aliphatic rings. The van der Waals surface area contributed by atoms with E-state index in [9.17, 15) is 0 Å². The van der Waals surface area contributed by atoms with E-state index in [1.54, 1.807) is 12.5 Å². The van der Waals surface area contributed by atoms with Crippen molar-refractivity contribution < 1.29 is 0 Å². The number of hydrogen-bond donors (Lipinski definition) is 0. The average molecular weight is 306 g/mol. The molecule has 6 heteroatoms. The minimum absolute atomic E-state index is 0.387. The van der Waals surface area contributed by atoms with Crippen LogP contribution < -0.4 is 0 Å². The van der Waals surface area contributed by atoms with Gasteiger partial charge in [0.2, 0.25) is 0 Å².